The molecule has 3 rings (SSSR count). The zero-order valence-corrected chi connectivity index (χ0v) is 15.4. The third-order valence-corrected chi connectivity index (χ3v) is 6.02. The van der Waals surface area contributed by atoms with Gasteiger partial charge in [-0.2, -0.15) is 5.10 Å². The lowest BCUT2D eigenvalue weighted by molar-refractivity contribution is 0.0959. The van der Waals surface area contributed by atoms with Crippen molar-refractivity contribution in [3.05, 3.63) is 56.3 Å². The molecule has 2 aromatic rings. The Morgan fingerprint density at radius 2 is 2.21 bits per heavy atom. The Bertz CT molecular complexity index is 776. The summed E-state index contributed by atoms with van der Waals surface area (Å²) in [6, 6.07) is 8.24. The Hall–Kier alpha value is -1.94. The van der Waals surface area contributed by atoms with Crippen molar-refractivity contribution in [2.45, 2.75) is 46.5 Å². The number of aryl methyl sites for hydroxylation is 3. The van der Waals surface area contributed by atoms with Crippen molar-refractivity contribution >= 4 is 23.5 Å². The number of fused-ring (bicyclic) bond motifs is 1. The Morgan fingerprint density at radius 1 is 1.38 bits per heavy atom. The topological polar surface area (TPSA) is 41.5 Å². The fourth-order valence-electron chi connectivity index (χ4n) is 3.25. The van der Waals surface area contributed by atoms with Gasteiger partial charge in [-0.25, -0.2) is 5.43 Å². The minimum absolute atomic E-state index is 0.108. The molecule has 1 atom stereocenters. The maximum absolute atomic E-state index is 12.3. The van der Waals surface area contributed by atoms with E-state index in [4.69, 9.17) is 0 Å². The number of thiophene rings is 1. The normalized spacial score (nSPS) is 17.0. The van der Waals surface area contributed by atoms with Gasteiger partial charge in [0.1, 0.15) is 0 Å². The number of carbonyl (C=O) groups excluding carboxylic acids is 1. The van der Waals surface area contributed by atoms with Gasteiger partial charge in [0.2, 0.25) is 0 Å². The fraction of sp³-hybridized carbons (Fsp3) is 0.400. The Balaban J connectivity index is 1.65. The van der Waals surface area contributed by atoms with Crippen LogP contribution in [-0.2, 0) is 12.8 Å². The van der Waals surface area contributed by atoms with Crippen molar-refractivity contribution in [3.63, 3.8) is 0 Å². The van der Waals surface area contributed by atoms with Crippen molar-refractivity contribution in [3.8, 4) is 0 Å². The van der Waals surface area contributed by atoms with Gasteiger partial charge in [-0.1, -0.05) is 37.1 Å². The van der Waals surface area contributed by atoms with Crippen LogP contribution in [0.1, 0.15) is 56.6 Å². The van der Waals surface area contributed by atoms with E-state index < -0.39 is 0 Å². The van der Waals surface area contributed by atoms with Crippen LogP contribution >= 0.6 is 11.3 Å². The highest BCUT2D eigenvalue weighted by Gasteiger charge is 2.21. The third-order valence-electron chi connectivity index (χ3n) is 4.78. The quantitative estimate of drug-likeness (QED) is 0.639. The Labute approximate surface area is 147 Å². The minimum Gasteiger partial charge on any atom is -0.266 e. The third kappa shape index (κ3) is 3.75. The first kappa shape index (κ1) is 16.9. The highest BCUT2D eigenvalue weighted by Crippen LogP contribution is 2.33. The van der Waals surface area contributed by atoms with Gasteiger partial charge in [-0.15, -0.1) is 11.3 Å². The average Bonchev–Trinajstić information content (AvgIpc) is 2.99. The molecule has 0 saturated carbocycles. The molecule has 4 heteroatoms. The van der Waals surface area contributed by atoms with Gasteiger partial charge in [0.15, 0.2) is 0 Å². The maximum Gasteiger partial charge on any atom is 0.281 e. The van der Waals surface area contributed by atoms with E-state index in [0.29, 0.717) is 0 Å². The molecule has 0 saturated heterocycles. The number of nitrogens with one attached hydrogen (secondary N) is 1. The molecule has 1 aromatic carbocycles. The van der Waals surface area contributed by atoms with E-state index in [1.807, 2.05) is 19.1 Å². The second kappa shape index (κ2) is 7.31. The van der Waals surface area contributed by atoms with Crippen LogP contribution in [0.4, 0.5) is 0 Å². The second-order valence-electron chi connectivity index (χ2n) is 6.64. The zero-order valence-electron chi connectivity index (χ0n) is 14.6. The van der Waals surface area contributed by atoms with Crippen LogP contribution in [0.5, 0.6) is 0 Å². The van der Waals surface area contributed by atoms with E-state index in [0.717, 1.165) is 34.8 Å². The minimum atomic E-state index is -0.108. The smallest absolute Gasteiger partial charge is 0.266 e. The lowest BCUT2D eigenvalue weighted by atomic mass is 9.87. The van der Waals surface area contributed by atoms with Crippen LogP contribution in [0.25, 0.3) is 0 Å². The molecule has 126 valence electrons. The van der Waals surface area contributed by atoms with Gasteiger partial charge in [0.25, 0.3) is 5.91 Å². The first-order valence-corrected chi connectivity index (χ1v) is 9.40. The molecule has 3 nitrogen and oxygen atoms in total. The van der Waals surface area contributed by atoms with Crippen molar-refractivity contribution in [2.24, 2.45) is 11.0 Å². The molecule has 0 spiro atoms. The standard InChI is InChI=1S/C20H24N2OS/c1-4-15-6-8-18-17(10-15)11-19(24-18)20(23)22-21-12-16-7-5-13(2)9-14(16)3/h5,7,9,11-12,15H,4,6,8,10H2,1-3H3,(H,22,23)/b21-12-/t15-/m0/s1. The SMILES string of the molecule is CC[C@H]1CCc2sc(C(=O)N/N=C\c3ccc(C)cc3C)cc2C1. The molecule has 1 aliphatic carbocycles. The van der Waals surface area contributed by atoms with E-state index >= 15 is 0 Å². The molecule has 1 aromatic heterocycles. The van der Waals surface area contributed by atoms with Crippen LogP contribution < -0.4 is 5.43 Å². The van der Waals surface area contributed by atoms with Crippen molar-refractivity contribution in [1.29, 1.82) is 0 Å². The van der Waals surface area contributed by atoms with Gasteiger partial charge in [0, 0.05) is 4.88 Å². The van der Waals surface area contributed by atoms with Crippen molar-refractivity contribution < 1.29 is 4.79 Å². The van der Waals surface area contributed by atoms with Crippen LogP contribution in [0.15, 0.2) is 29.4 Å². The number of benzene rings is 1. The van der Waals surface area contributed by atoms with Gasteiger partial charge >= 0.3 is 0 Å². The van der Waals surface area contributed by atoms with Crippen LogP contribution in [0, 0.1) is 19.8 Å². The Morgan fingerprint density at radius 3 is 2.96 bits per heavy atom. The van der Waals surface area contributed by atoms with Gasteiger partial charge < -0.3 is 0 Å². The number of hydrogen-bond donors (Lipinski definition) is 1. The van der Waals surface area contributed by atoms with Gasteiger partial charge in [0.05, 0.1) is 11.1 Å². The largest absolute Gasteiger partial charge is 0.281 e. The molecule has 1 aliphatic rings. The van der Waals surface area contributed by atoms with Crippen LogP contribution in [-0.4, -0.2) is 12.1 Å². The van der Waals surface area contributed by atoms with Crippen LogP contribution in [0.3, 0.4) is 0 Å². The van der Waals surface area contributed by atoms with E-state index in [2.05, 4.69) is 36.5 Å². The molecule has 0 fully saturated rings. The molecule has 1 amide bonds. The second-order valence-corrected chi connectivity index (χ2v) is 7.77. The molecular formula is C20H24N2OS. The summed E-state index contributed by atoms with van der Waals surface area (Å²) in [7, 11) is 0. The van der Waals surface area contributed by atoms with Crippen molar-refractivity contribution in [2.75, 3.05) is 0 Å². The predicted octanol–water partition coefficient (Wildman–Crippen LogP) is 4.64. The number of hydrazone groups is 1. The summed E-state index contributed by atoms with van der Waals surface area (Å²) in [6.07, 6.45) is 6.40. The molecule has 0 aliphatic heterocycles. The predicted molar refractivity (Wildman–Crippen MR) is 101 cm³/mol. The highest BCUT2D eigenvalue weighted by atomic mass is 32.1. The summed E-state index contributed by atoms with van der Waals surface area (Å²) >= 11 is 1.62. The van der Waals surface area contributed by atoms with E-state index in [-0.39, 0.29) is 5.91 Å². The van der Waals surface area contributed by atoms with E-state index in [1.54, 1.807) is 17.6 Å². The number of amides is 1. The first-order chi connectivity index (χ1) is 11.6. The molecule has 0 unspecified atom stereocenters. The first-order valence-electron chi connectivity index (χ1n) is 8.59. The van der Waals surface area contributed by atoms with Gasteiger partial charge in [-0.05, 0) is 61.8 Å². The number of nitrogens with zero attached hydrogens (tertiary/aromatic N) is 1. The molecule has 0 bridgehead atoms. The molecular weight excluding hydrogens is 316 g/mol. The van der Waals surface area contributed by atoms with E-state index in [9.17, 15) is 4.79 Å². The summed E-state index contributed by atoms with van der Waals surface area (Å²) in [5.41, 5.74) is 7.44. The Kier molecular flexibility index (Phi) is 5.14. The average molecular weight is 340 g/mol. The lowest BCUT2D eigenvalue weighted by Gasteiger charge is -2.19. The monoisotopic (exact) mass is 340 g/mol. The highest BCUT2D eigenvalue weighted by molar-refractivity contribution is 7.14. The summed E-state index contributed by atoms with van der Waals surface area (Å²) < 4.78 is 0. The zero-order chi connectivity index (χ0) is 17.1. The molecule has 1 N–H and O–H groups in total. The summed E-state index contributed by atoms with van der Waals surface area (Å²) in [5, 5.41) is 4.13. The number of hydrogen-bond acceptors (Lipinski definition) is 3. The molecule has 1 heterocycles. The number of carbonyl (C=O) groups is 1. The number of rotatable bonds is 4. The fourth-order valence-corrected chi connectivity index (χ4v) is 4.34. The van der Waals surface area contributed by atoms with Gasteiger partial charge in [-0.3, -0.25) is 4.79 Å². The lowest BCUT2D eigenvalue weighted by Crippen LogP contribution is -2.16. The summed E-state index contributed by atoms with van der Waals surface area (Å²) in [5.74, 6) is 0.661. The molecule has 24 heavy (non-hydrogen) atoms. The maximum atomic E-state index is 12.3. The van der Waals surface area contributed by atoms with Crippen molar-refractivity contribution in [1.82, 2.24) is 5.43 Å². The van der Waals surface area contributed by atoms with E-state index in [1.165, 1.54) is 28.8 Å². The van der Waals surface area contributed by atoms with Crippen LogP contribution in [0.2, 0.25) is 0 Å². The molecule has 0 radical (unpaired) electrons. The summed E-state index contributed by atoms with van der Waals surface area (Å²) in [4.78, 5) is 14.5. The summed E-state index contributed by atoms with van der Waals surface area (Å²) in [6.45, 7) is 6.36.